The molecule has 4 heteroatoms. The van der Waals surface area contributed by atoms with Gasteiger partial charge in [-0.05, 0) is 31.4 Å². The lowest BCUT2D eigenvalue weighted by molar-refractivity contribution is 0.312. The molecule has 18 heavy (non-hydrogen) atoms. The van der Waals surface area contributed by atoms with Crippen molar-refractivity contribution < 1.29 is 4.74 Å². The Balaban J connectivity index is 2.60. The van der Waals surface area contributed by atoms with Crippen molar-refractivity contribution in [3.8, 4) is 5.75 Å². The van der Waals surface area contributed by atoms with Gasteiger partial charge in [0, 0.05) is 25.2 Å². The molecule has 0 amide bonds. The molecule has 1 aromatic rings. The summed E-state index contributed by atoms with van der Waals surface area (Å²) in [6.45, 7) is 10.6. The van der Waals surface area contributed by atoms with Crippen LogP contribution in [0, 0.1) is 12.3 Å². The van der Waals surface area contributed by atoms with Gasteiger partial charge in [0.1, 0.15) is 5.75 Å². The molecule has 1 aromatic heterocycles. The molecular formula is C14H23N3O. The van der Waals surface area contributed by atoms with Crippen molar-refractivity contribution >= 4 is 5.90 Å². The minimum Gasteiger partial charge on any atom is -0.442 e. The summed E-state index contributed by atoms with van der Waals surface area (Å²) < 4.78 is 5.59. The topological polar surface area (TPSA) is 60.5 Å². The predicted octanol–water partition coefficient (Wildman–Crippen LogP) is 2.56. The fraction of sp³-hybridized carbons (Fsp3) is 0.571. The molecular weight excluding hydrogens is 226 g/mol. The molecule has 0 saturated heterocycles. The van der Waals surface area contributed by atoms with E-state index in [9.17, 15) is 0 Å². The van der Waals surface area contributed by atoms with Crippen molar-refractivity contribution in [2.45, 2.75) is 40.7 Å². The van der Waals surface area contributed by atoms with Gasteiger partial charge in [-0.25, -0.2) is 0 Å². The highest BCUT2D eigenvalue weighted by Gasteiger charge is 2.22. The Labute approximate surface area is 109 Å². The second-order valence-electron chi connectivity index (χ2n) is 5.35. The molecule has 0 aliphatic carbocycles. The summed E-state index contributed by atoms with van der Waals surface area (Å²) in [6.07, 6.45) is 1.70. The van der Waals surface area contributed by atoms with Crippen LogP contribution in [0.25, 0.3) is 0 Å². The maximum Gasteiger partial charge on any atom is 0.187 e. The molecule has 0 unspecified atom stereocenters. The number of aromatic nitrogens is 1. The van der Waals surface area contributed by atoms with Gasteiger partial charge in [0.2, 0.25) is 0 Å². The second-order valence-corrected chi connectivity index (χ2v) is 5.35. The van der Waals surface area contributed by atoms with Gasteiger partial charge in [0.15, 0.2) is 5.90 Å². The van der Waals surface area contributed by atoms with Crippen molar-refractivity contribution in [3.63, 3.8) is 0 Å². The van der Waals surface area contributed by atoms with E-state index in [0.717, 1.165) is 5.69 Å². The Morgan fingerprint density at radius 3 is 2.67 bits per heavy atom. The zero-order valence-corrected chi connectivity index (χ0v) is 11.9. The predicted molar refractivity (Wildman–Crippen MR) is 75.0 cm³/mol. The quantitative estimate of drug-likeness (QED) is 0.659. The lowest BCUT2D eigenvalue weighted by Gasteiger charge is -2.26. The van der Waals surface area contributed by atoms with Gasteiger partial charge < -0.3 is 10.5 Å². The summed E-state index contributed by atoms with van der Waals surface area (Å²) in [5, 5.41) is 0. The SMILES string of the molecule is CC(=NCC(C)(C)[C@@H](C)N)Oc1ccc(C)nc1. The number of pyridine rings is 1. The van der Waals surface area contributed by atoms with Crippen LogP contribution in [0.15, 0.2) is 23.3 Å². The van der Waals surface area contributed by atoms with Crippen molar-refractivity contribution in [2.75, 3.05) is 6.54 Å². The normalized spacial score (nSPS) is 14.4. The molecule has 0 radical (unpaired) electrons. The highest BCUT2D eigenvalue weighted by molar-refractivity contribution is 5.75. The van der Waals surface area contributed by atoms with E-state index in [0.29, 0.717) is 18.2 Å². The molecule has 1 rings (SSSR count). The first-order valence-corrected chi connectivity index (χ1v) is 6.18. The first kappa shape index (κ1) is 14.6. The average molecular weight is 249 g/mol. The summed E-state index contributed by atoms with van der Waals surface area (Å²) in [5.41, 5.74) is 6.84. The number of hydrogen-bond acceptors (Lipinski definition) is 4. The van der Waals surface area contributed by atoms with Crippen molar-refractivity contribution in [3.05, 3.63) is 24.0 Å². The third kappa shape index (κ3) is 4.45. The molecule has 0 saturated carbocycles. The standard InChI is InChI=1S/C14H23N3O/c1-10-6-7-13(8-16-10)18-12(3)17-9-14(4,5)11(2)15/h6-8,11H,9,15H2,1-5H3/t11-/m1/s1. The summed E-state index contributed by atoms with van der Waals surface area (Å²) >= 11 is 0. The zero-order chi connectivity index (χ0) is 13.8. The molecule has 1 atom stereocenters. The molecule has 0 aliphatic rings. The van der Waals surface area contributed by atoms with Crippen molar-refractivity contribution in [1.82, 2.24) is 4.98 Å². The number of rotatable bonds is 4. The first-order chi connectivity index (χ1) is 8.31. The molecule has 2 N–H and O–H groups in total. The highest BCUT2D eigenvalue weighted by Crippen LogP contribution is 2.19. The summed E-state index contributed by atoms with van der Waals surface area (Å²) in [6, 6.07) is 3.89. The van der Waals surface area contributed by atoms with E-state index in [2.05, 4.69) is 23.8 Å². The maximum absolute atomic E-state index is 5.91. The van der Waals surface area contributed by atoms with Gasteiger partial charge in [-0.2, -0.15) is 0 Å². The van der Waals surface area contributed by atoms with E-state index in [1.54, 1.807) is 6.20 Å². The summed E-state index contributed by atoms with van der Waals surface area (Å²) in [7, 11) is 0. The monoisotopic (exact) mass is 249 g/mol. The second kappa shape index (κ2) is 5.96. The van der Waals surface area contributed by atoms with Crippen molar-refractivity contribution in [1.29, 1.82) is 0 Å². The Morgan fingerprint density at radius 1 is 1.50 bits per heavy atom. The van der Waals surface area contributed by atoms with Gasteiger partial charge in [-0.15, -0.1) is 0 Å². The van der Waals surface area contributed by atoms with Crippen LogP contribution in [0.2, 0.25) is 0 Å². The van der Waals surface area contributed by atoms with E-state index in [1.165, 1.54) is 0 Å². The van der Waals surface area contributed by atoms with Crippen LogP contribution in [0.5, 0.6) is 5.75 Å². The number of nitrogens with zero attached hydrogens (tertiary/aromatic N) is 2. The molecule has 100 valence electrons. The van der Waals surface area contributed by atoms with Gasteiger partial charge in [-0.1, -0.05) is 13.8 Å². The van der Waals surface area contributed by atoms with Crippen LogP contribution in [0.4, 0.5) is 0 Å². The number of ether oxygens (including phenoxy) is 1. The largest absolute Gasteiger partial charge is 0.442 e. The average Bonchev–Trinajstić information content (AvgIpc) is 2.29. The maximum atomic E-state index is 5.91. The van der Waals surface area contributed by atoms with Crippen LogP contribution >= 0.6 is 0 Å². The Morgan fingerprint density at radius 2 is 2.17 bits per heavy atom. The molecule has 0 fully saturated rings. The molecule has 0 bridgehead atoms. The minimum atomic E-state index is -0.0316. The van der Waals surface area contributed by atoms with E-state index in [-0.39, 0.29) is 11.5 Å². The van der Waals surface area contributed by atoms with Crippen molar-refractivity contribution in [2.24, 2.45) is 16.1 Å². The zero-order valence-electron chi connectivity index (χ0n) is 11.9. The summed E-state index contributed by atoms with van der Waals surface area (Å²) in [5.74, 6) is 1.34. The smallest absolute Gasteiger partial charge is 0.187 e. The molecule has 0 spiro atoms. The van der Waals surface area contributed by atoms with E-state index < -0.39 is 0 Å². The Kier molecular flexibility index (Phi) is 4.84. The number of aliphatic imine (C=N–C) groups is 1. The molecule has 0 aromatic carbocycles. The lowest BCUT2D eigenvalue weighted by Crippen LogP contribution is -2.37. The number of nitrogens with two attached hydrogens (primary N) is 1. The van der Waals surface area contributed by atoms with Crippen LogP contribution in [-0.2, 0) is 0 Å². The van der Waals surface area contributed by atoms with Crippen LogP contribution in [-0.4, -0.2) is 23.5 Å². The van der Waals surface area contributed by atoms with E-state index in [1.807, 2.05) is 32.9 Å². The molecule has 4 nitrogen and oxygen atoms in total. The minimum absolute atomic E-state index is 0.0316. The van der Waals surface area contributed by atoms with Gasteiger partial charge >= 0.3 is 0 Å². The fourth-order valence-electron chi connectivity index (χ4n) is 1.18. The Hall–Kier alpha value is -1.42. The van der Waals surface area contributed by atoms with Crippen LogP contribution in [0.3, 0.4) is 0 Å². The van der Waals surface area contributed by atoms with Gasteiger partial charge in [0.25, 0.3) is 0 Å². The first-order valence-electron chi connectivity index (χ1n) is 6.18. The lowest BCUT2D eigenvalue weighted by atomic mass is 9.86. The van der Waals surface area contributed by atoms with Crippen LogP contribution < -0.4 is 10.5 Å². The third-order valence-corrected chi connectivity index (χ3v) is 3.09. The van der Waals surface area contributed by atoms with E-state index in [4.69, 9.17) is 10.5 Å². The van der Waals surface area contributed by atoms with Crippen LogP contribution in [0.1, 0.15) is 33.4 Å². The Bertz CT molecular complexity index is 408. The van der Waals surface area contributed by atoms with Gasteiger partial charge in [0.05, 0.1) is 6.20 Å². The molecule has 0 aliphatic heterocycles. The highest BCUT2D eigenvalue weighted by atomic mass is 16.5. The number of hydrogen-bond donors (Lipinski definition) is 1. The summed E-state index contributed by atoms with van der Waals surface area (Å²) in [4.78, 5) is 8.59. The third-order valence-electron chi connectivity index (χ3n) is 3.09. The van der Waals surface area contributed by atoms with Gasteiger partial charge in [-0.3, -0.25) is 9.98 Å². The van der Waals surface area contributed by atoms with E-state index >= 15 is 0 Å². The fourth-order valence-corrected chi connectivity index (χ4v) is 1.18. The molecule has 1 heterocycles. The number of aryl methyl sites for hydroxylation is 1.